The van der Waals surface area contributed by atoms with Crippen molar-refractivity contribution in [2.45, 2.75) is 27.3 Å². The van der Waals surface area contributed by atoms with Crippen LogP contribution < -0.4 is 10.7 Å². The van der Waals surface area contributed by atoms with Crippen molar-refractivity contribution in [3.8, 4) is 0 Å². The standard InChI is InChI=1S/C11H9NO2.C8H11N.C2H6/c1-7-3-2-4-9-11(7)10(14)5-8(6-13)12-9;1-9-7-8-5-3-2-4-6-8;1-2/h2-6H,1H3,(H,12,14);2-6,9H,7H2,1H3;1-2H3. The predicted octanol–water partition coefficient (Wildman–Crippen LogP) is 4.08. The Morgan fingerprint density at radius 2 is 1.72 bits per heavy atom. The summed E-state index contributed by atoms with van der Waals surface area (Å²) in [6.45, 7) is 6.83. The van der Waals surface area contributed by atoms with Gasteiger partial charge < -0.3 is 10.3 Å². The van der Waals surface area contributed by atoms with E-state index in [1.807, 2.05) is 58.2 Å². The van der Waals surface area contributed by atoms with Crippen molar-refractivity contribution in [2.75, 3.05) is 7.05 Å². The van der Waals surface area contributed by atoms with Crippen LogP contribution in [0, 0.1) is 6.92 Å². The number of rotatable bonds is 3. The van der Waals surface area contributed by atoms with E-state index in [9.17, 15) is 9.59 Å². The Kier molecular flexibility index (Phi) is 8.90. The Hall–Kier alpha value is -2.72. The molecular formula is C21H26N2O2. The lowest BCUT2D eigenvalue weighted by atomic mass is 10.1. The van der Waals surface area contributed by atoms with E-state index in [0.717, 1.165) is 12.1 Å². The first-order chi connectivity index (χ1) is 12.2. The Morgan fingerprint density at radius 1 is 1.04 bits per heavy atom. The molecule has 0 saturated heterocycles. The van der Waals surface area contributed by atoms with Crippen molar-refractivity contribution >= 4 is 17.2 Å². The van der Waals surface area contributed by atoms with Crippen LogP contribution in [0.3, 0.4) is 0 Å². The van der Waals surface area contributed by atoms with Crippen LogP contribution in [0.25, 0.3) is 10.9 Å². The molecule has 0 radical (unpaired) electrons. The van der Waals surface area contributed by atoms with Crippen LogP contribution in [0.15, 0.2) is 59.4 Å². The van der Waals surface area contributed by atoms with Gasteiger partial charge in [0, 0.05) is 18.0 Å². The zero-order valence-electron chi connectivity index (χ0n) is 15.3. The maximum atomic E-state index is 11.6. The number of aromatic amines is 1. The van der Waals surface area contributed by atoms with Crippen LogP contribution in [0.5, 0.6) is 0 Å². The maximum Gasteiger partial charge on any atom is 0.190 e. The average molecular weight is 338 g/mol. The highest BCUT2D eigenvalue weighted by Gasteiger charge is 2.03. The summed E-state index contributed by atoms with van der Waals surface area (Å²) in [5.74, 6) is 0. The Labute approximate surface area is 148 Å². The van der Waals surface area contributed by atoms with Gasteiger partial charge >= 0.3 is 0 Å². The molecule has 2 N–H and O–H groups in total. The predicted molar refractivity (Wildman–Crippen MR) is 105 cm³/mol. The van der Waals surface area contributed by atoms with Crippen molar-refractivity contribution in [3.05, 3.63) is 81.6 Å². The second-order valence-electron chi connectivity index (χ2n) is 5.22. The fourth-order valence-electron chi connectivity index (χ4n) is 2.37. The molecule has 0 bridgehead atoms. The third-order valence-electron chi connectivity index (χ3n) is 3.44. The van der Waals surface area contributed by atoms with Crippen molar-refractivity contribution < 1.29 is 4.79 Å². The summed E-state index contributed by atoms with van der Waals surface area (Å²) in [7, 11) is 1.95. The molecule has 0 aliphatic carbocycles. The van der Waals surface area contributed by atoms with E-state index in [4.69, 9.17) is 0 Å². The van der Waals surface area contributed by atoms with Gasteiger partial charge in [-0.2, -0.15) is 0 Å². The highest BCUT2D eigenvalue weighted by Crippen LogP contribution is 2.11. The largest absolute Gasteiger partial charge is 0.352 e. The number of hydrogen-bond donors (Lipinski definition) is 2. The zero-order chi connectivity index (χ0) is 18.7. The normalized spacial score (nSPS) is 9.44. The summed E-state index contributed by atoms with van der Waals surface area (Å²) < 4.78 is 0. The third-order valence-corrected chi connectivity index (χ3v) is 3.44. The van der Waals surface area contributed by atoms with E-state index in [1.165, 1.54) is 11.6 Å². The van der Waals surface area contributed by atoms with Crippen LogP contribution in [0.1, 0.15) is 35.5 Å². The molecule has 3 aromatic rings. The Morgan fingerprint density at radius 3 is 2.32 bits per heavy atom. The van der Waals surface area contributed by atoms with Gasteiger partial charge in [0.05, 0.1) is 11.2 Å². The number of carbonyl (C=O) groups excluding carboxylic acids is 1. The van der Waals surface area contributed by atoms with Crippen LogP contribution in [0.2, 0.25) is 0 Å². The topological polar surface area (TPSA) is 62.0 Å². The molecule has 2 aromatic carbocycles. The lowest BCUT2D eigenvalue weighted by molar-refractivity contribution is 0.111. The van der Waals surface area contributed by atoms with Gasteiger partial charge in [0.15, 0.2) is 11.7 Å². The van der Waals surface area contributed by atoms with Crippen LogP contribution in [0.4, 0.5) is 0 Å². The molecule has 132 valence electrons. The van der Waals surface area contributed by atoms with Gasteiger partial charge in [0.1, 0.15) is 0 Å². The van der Waals surface area contributed by atoms with E-state index in [2.05, 4.69) is 22.4 Å². The molecule has 0 atom stereocenters. The first-order valence-corrected chi connectivity index (χ1v) is 8.42. The molecule has 0 saturated carbocycles. The Bertz CT molecular complexity index is 839. The summed E-state index contributed by atoms with van der Waals surface area (Å²) in [6.07, 6.45) is 0.642. The first-order valence-electron chi connectivity index (χ1n) is 8.42. The van der Waals surface area contributed by atoms with E-state index < -0.39 is 0 Å². The number of H-pyrrole nitrogens is 1. The molecule has 0 aliphatic rings. The Balaban J connectivity index is 0.000000246. The SMILES string of the molecule is CC.CNCc1ccccc1.Cc1cccc2[nH]c(C=O)cc(=O)c12. The molecule has 0 spiro atoms. The number of pyridine rings is 1. The molecule has 3 rings (SSSR count). The summed E-state index contributed by atoms with van der Waals surface area (Å²) in [6, 6.07) is 17.2. The minimum atomic E-state index is -0.112. The second-order valence-corrected chi connectivity index (χ2v) is 5.22. The number of aromatic nitrogens is 1. The van der Waals surface area contributed by atoms with E-state index in [0.29, 0.717) is 22.9 Å². The van der Waals surface area contributed by atoms with Crippen LogP contribution in [-0.2, 0) is 6.54 Å². The summed E-state index contributed by atoms with van der Waals surface area (Å²) in [5.41, 5.74) is 3.16. The fourth-order valence-corrected chi connectivity index (χ4v) is 2.37. The lowest BCUT2D eigenvalue weighted by Crippen LogP contribution is -2.05. The molecule has 0 unspecified atom stereocenters. The van der Waals surface area contributed by atoms with Gasteiger partial charge in [-0.1, -0.05) is 56.3 Å². The molecule has 4 nitrogen and oxygen atoms in total. The number of nitrogens with one attached hydrogen (secondary N) is 2. The van der Waals surface area contributed by atoms with Gasteiger partial charge in [-0.05, 0) is 31.2 Å². The van der Waals surface area contributed by atoms with Crippen LogP contribution in [-0.4, -0.2) is 18.3 Å². The molecule has 1 aromatic heterocycles. The summed E-state index contributed by atoms with van der Waals surface area (Å²) in [5, 5.41) is 3.74. The molecule has 0 fully saturated rings. The molecule has 4 heteroatoms. The van der Waals surface area contributed by atoms with Gasteiger partial charge in [-0.15, -0.1) is 0 Å². The lowest BCUT2D eigenvalue weighted by Gasteiger charge is -2.01. The number of carbonyl (C=O) groups is 1. The quantitative estimate of drug-likeness (QED) is 0.707. The van der Waals surface area contributed by atoms with Gasteiger partial charge in [-0.25, -0.2) is 0 Å². The number of aryl methyl sites for hydroxylation is 1. The number of aldehydes is 1. The summed E-state index contributed by atoms with van der Waals surface area (Å²) in [4.78, 5) is 25.0. The average Bonchev–Trinajstić information content (AvgIpc) is 2.65. The highest BCUT2D eigenvalue weighted by atomic mass is 16.1. The van der Waals surface area contributed by atoms with E-state index in [1.54, 1.807) is 6.07 Å². The summed E-state index contributed by atoms with van der Waals surface area (Å²) >= 11 is 0. The zero-order valence-corrected chi connectivity index (χ0v) is 15.3. The van der Waals surface area contributed by atoms with Gasteiger partial charge in [0.25, 0.3) is 0 Å². The minimum absolute atomic E-state index is 0.112. The van der Waals surface area contributed by atoms with Crippen molar-refractivity contribution in [2.24, 2.45) is 0 Å². The smallest absolute Gasteiger partial charge is 0.190 e. The third kappa shape index (κ3) is 6.01. The number of benzene rings is 2. The molecule has 1 heterocycles. The minimum Gasteiger partial charge on any atom is -0.352 e. The molecule has 0 amide bonds. The highest BCUT2D eigenvalue weighted by molar-refractivity contribution is 5.85. The first kappa shape index (κ1) is 20.3. The maximum absolute atomic E-state index is 11.6. The van der Waals surface area contributed by atoms with Gasteiger partial charge in [-0.3, -0.25) is 9.59 Å². The van der Waals surface area contributed by atoms with Crippen molar-refractivity contribution in [1.29, 1.82) is 0 Å². The fraction of sp³-hybridized carbons (Fsp3) is 0.238. The van der Waals surface area contributed by atoms with E-state index >= 15 is 0 Å². The van der Waals surface area contributed by atoms with Crippen LogP contribution >= 0.6 is 0 Å². The molecule has 25 heavy (non-hydrogen) atoms. The van der Waals surface area contributed by atoms with Gasteiger partial charge in [0.2, 0.25) is 0 Å². The number of hydrogen-bond acceptors (Lipinski definition) is 3. The monoisotopic (exact) mass is 338 g/mol. The second kappa shape index (κ2) is 10.9. The number of fused-ring (bicyclic) bond motifs is 1. The van der Waals surface area contributed by atoms with Crippen molar-refractivity contribution in [3.63, 3.8) is 0 Å². The molecular weight excluding hydrogens is 312 g/mol. The molecule has 0 aliphatic heterocycles. The van der Waals surface area contributed by atoms with Crippen molar-refractivity contribution in [1.82, 2.24) is 10.3 Å². The van der Waals surface area contributed by atoms with E-state index in [-0.39, 0.29) is 5.43 Å².